The molecule has 1 unspecified atom stereocenters. The predicted octanol–water partition coefficient (Wildman–Crippen LogP) is 2.73. The number of aromatic nitrogens is 2. The first kappa shape index (κ1) is 21.0. The van der Waals surface area contributed by atoms with E-state index in [1.54, 1.807) is 19.1 Å². The number of likely N-dealkylation sites (tertiary alicyclic amines) is 1. The third kappa shape index (κ3) is 5.23. The number of benzene rings is 1. The van der Waals surface area contributed by atoms with Gasteiger partial charge in [0, 0.05) is 25.9 Å². The van der Waals surface area contributed by atoms with Crippen LogP contribution >= 0.6 is 11.3 Å². The fourth-order valence-corrected chi connectivity index (χ4v) is 4.04. The molecule has 0 saturated carbocycles. The lowest BCUT2D eigenvalue weighted by atomic mass is 10.1. The smallest absolute Gasteiger partial charge is 0.231 e. The molecule has 0 aliphatic carbocycles. The summed E-state index contributed by atoms with van der Waals surface area (Å²) in [6.45, 7) is 3.27. The van der Waals surface area contributed by atoms with Gasteiger partial charge in [0.25, 0.3) is 0 Å². The summed E-state index contributed by atoms with van der Waals surface area (Å²) in [5.74, 6) is 0.857. The van der Waals surface area contributed by atoms with E-state index in [2.05, 4.69) is 22.4 Å². The van der Waals surface area contributed by atoms with E-state index in [1.165, 1.54) is 11.3 Å². The van der Waals surface area contributed by atoms with Crippen molar-refractivity contribution in [3.8, 4) is 11.5 Å². The first-order valence-electron chi connectivity index (χ1n) is 9.66. The van der Waals surface area contributed by atoms with Crippen molar-refractivity contribution in [2.24, 2.45) is 5.92 Å². The van der Waals surface area contributed by atoms with Crippen molar-refractivity contribution in [1.82, 2.24) is 15.1 Å². The Morgan fingerprint density at radius 1 is 1.28 bits per heavy atom. The van der Waals surface area contributed by atoms with Gasteiger partial charge in [-0.3, -0.25) is 9.59 Å². The molecular weight excluding hydrogens is 392 g/mol. The molecule has 3 rings (SSSR count). The molecule has 1 atom stereocenters. The van der Waals surface area contributed by atoms with Crippen molar-refractivity contribution >= 4 is 28.3 Å². The summed E-state index contributed by atoms with van der Waals surface area (Å²) >= 11 is 1.33. The molecule has 1 N–H and O–H groups in total. The zero-order valence-electron chi connectivity index (χ0n) is 16.9. The fraction of sp³-hybridized carbons (Fsp3) is 0.500. The van der Waals surface area contributed by atoms with Crippen molar-refractivity contribution in [3.05, 3.63) is 28.8 Å². The second-order valence-electron chi connectivity index (χ2n) is 6.95. The van der Waals surface area contributed by atoms with E-state index in [0.717, 1.165) is 23.4 Å². The molecule has 8 nitrogen and oxygen atoms in total. The number of nitrogens with one attached hydrogen (secondary N) is 1. The lowest BCUT2D eigenvalue weighted by Gasteiger charge is -2.15. The van der Waals surface area contributed by atoms with Crippen molar-refractivity contribution in [3.63, 3.8) is 0 Å². The SMILES string of the molecule is CCCCN1CC(C(=O)Nc2nnc(Cc3ccc(OC)c(OC)c3)s2)CC1=O. The Morgan fingerprint density at radius 3 is 2.79 bits per heavy atom. The van der Waals surface area contributed by atoms with E-state index in [1.807, 2.05) is 18.2 Å². The van der Waals surface area contributed by atoms with Crippen LogP contribution in [0.25, 0.3) is 0 Å². The molecule has 1 fully saturated rings. The second kappa shape index (κ2) is 9.69. The summed E-state index contributed by atoms with van der Waals surface area (Å²) in [5, 5.41) is 12.3. The lowest BCUT2D eigenvalue weighted by Crippen LogP contribution is -2.29. The molecule has 1 aliphatic rings. The zero-order valence-corrected chi connectivity index (χ0v) is 17.8. The van der Waals surface area contributed by atoms with Gasteiger partial charge >= 0.3 is 0 Å². The number of carbonyl (C=O) groups is 2. The molecule has 0 spiro atoms. The van der Waals surface area contributed by atoms with Crippen LogP contribution in [0.4, 0.5) is 5.13 Å². The van der Waals surface area contributed by atoms with Gasteiger partial charge in [-0.15, -0.1) is 10.2 Å². The Kier molecular flexibility index (Phi) is 7.03. The number of hydrogen-bond acceptors (Lipinski definition) is 7. The maximum absolute atomic E-state index is 12.5. The second-order valence-corrected chi connectivity index (χ2v) is 8.01. The van der Waals surface area contributed by atoms with Gasteiger partial charge in [-0.2, -0.15) is 0 Å². The standard InChI is InChI=1S/C20H26N4O4S/c1-4-5-8-24-12-14(11-18(24)25)19(26)21-20-23-22-17(29-20)10-13-6-7-15(27-2)16(9-13)28-3/h6-7,9,14H,4-5,8,10-12H2,1-3H3,(H,21,23,26). The minimum Gasteiger partial charge on any atom is -0.493 e. The Balaban J connectivity index is 1.58. The monoisotopic (exact) mass is 418 g/mol. The van der Waals surface area contributed by atoms with Crippen LogP contribution in [0.2, 0.25) is 0 Å². The first-order chi connectivity index (χ1) is 14.0. The molecule has 1 aromatic heterocycles. The summed E-state index contributed by atoms with van der Waals surface area (Å²) in [5.41, 5.74) is 1.00. The average Bonchev–Trinajstić information content (AvgIpc) is 3.32. The molecule has 1 aliphatic heterocycles. The predicted molar refractivity (Wildman–Crippen MR) is 110 cm³/mol. The van der Waals surface area contributed by atoms with Crippen molar-refractivity contribution in [2.45, 2.75) is 32.6 Å². The average molecular weight is 419 g/mol. The molecular formula is C20H26N4O4S. The minimum absolute atomic E-state index is 0.0463. The molecule has 2 amide bonds. The molecule has 29 heavy (non-hydrogen) atoms. The van der Waals surface area contributed by atoms with Crippen LogP contribution in [0.3, 0.4) is 0 Å². The van der Waals surface area contributed by atoms with Crippen molar-refractivity contribution < 1.29 is 19.1 Å². The van der Waals surface area contributed by atoms with Crippen LogP contribution in [0.5, 0.6) is 11.5 Å². The van der Waals surface area contributed by atoms with Crippen LogP contribution in [-0.2, 0) is 16.0 Å². The third-order valence-corrected chi connectivity index (χ3v) is 5.71. The molecule has 1 aromatic carbocycles. The van der Waals surface area contributed by atoms with Crippen molar-refractivity contribution in [2.75, 3.05) is 32.6 Å². The topological polar surface area (TPSA) is 93.7 Å². The van der Waals surface area contributed by atoms with Gasteiger partial charge < -0.3 is 19.7 Å². The van der Waals surface area contributed by atoms with E-state index in [4.69, 9.17) is 9.47 Å². The Bertz CT molecular complexity index is 870. The summed E-state index contributed by atoms with van der Waals surface area (Å²) in [4.78, 5) is 26.3. The number of nitrogens with zero attached hydrogens (tertiary/aromatic N) is 3. The largest absolute Gasteiger partial charge is 0.493 e. The highest BCUT2D eigenvalue weighted by Gasteiger charge is 2.34. The summed E-state index contributed by atoms with van der Waals surface area (Å²) in [7, 11) is 3.19. The zero-order chi connectivity index (χ0) is 20.8. The van der Waals surface area contributed by atoms with Gasteiger partial charge in [-0.1, -0.05) is 30.7 Å². The summed E-state index contributed by atoms with van der Waals surface area (Å²) in [6, 6.07) is 5.68. The highest BCUT2D eigenvalue weighted by atomic mass is 32.1. The number of rotatable bonds is 9. The number of methoxy groups -OCH3 is 2. The molecule has 0 bridgehead atoms. The maximum Gasteiger partial charge on any atom is 0.231 e. The van der Waals surface area contributed by atoms with E-state index in [-0.39, 0.29) is 24.2 Å². The van der Waals surface area contributed by atoms with Gasteiger partial charge in [0.1, 0.15) is 5.01 Å². The number of anilines is 1. The Labute approximate surface area is 174 Å². The normalized spacial score (nSPS) is 16.2. The quantitative estimate of drug-likeness (QED) is 0.673. The molecule has 2 heterocycles. The maximum atomic E-state index is 12.5. The minimum atomic E-state index is -0.336. The van der Waals surface area contributed by atoms with E-state index < -0.39 is 0 Å². The molecule has 2 aromatic rings. The molecule has 0 radical (unpaired) electrons. The van der Waals surface area contributed by atoms with Gasteiger partial charge in [-0.25, -0.2) is 0 Å². The van der Waals surface area contributed by atoms with Crippen molar-refractivity contribution in [1.29, 1.82) is 0 Å². The number of carbonyl (C=O) groups excluding carboxylic acids is 2. The lowest BCUT2D eigenvalue weighted by molar-refractivity contribution is -0.128. The number of amides is 2. The van der Waals surface area contributed by atoms with Gasteiger partial charge in [-0.05, 0) is 24.1 Å². The van der Waals surface area contributed by atoms with Gasteiger partial charge in [0.2, 0.25) is 16.9 Å². The van der Waals surface area contributed by atoms with Crippen LogP contribution in [0.15, 0.2) is 18.2 Å². The summed E-state index contributed by atoms with van der Waals surface area (Å²) in [6.07, 6.45) is 2.80. The fourth-order valence-electron chi connectivity index (χ4n) is 3.26. The van der Waals surface area contributed by atoms with Crippen LogP contribution in [-0.4, -0.2) is 54.2 Å². The van der Waals surface area contributed by atoms with Crippen LogP contribution < -0.4 is 14.8 Å². The number of ether oxygens (including phenoxy) is 2. The summed E-state index contributed by atoms with van der Waals surface area (Å²) < 4.78 is 10.6. The van der Waals surface area contributed by atoms with E-state index >= 15 is 0 Å². The highest BCUT2D eigenvalue weighted by Crippen LogP contribution is 2.29. The molecule has 1 saturated heterocycles. The highest BCUT2D eigenvalue weighted by molar-refractivity contribution is 7.15. The number of unbranched alkanes of at least 4 members (excludes halogenated alkanes) is 1. The number of hydrogen-bond donors (Lipinski definition) is 1. The Morgan fingerprint density at radius 2 is 2.07 bits per heavy atom. The van der Waals surface area contributed by atoms with Gasteiger partial charge in [0.05, 0.1) is 20.1 Å². The first-order valence-corrected chi connectivity index (χ1v) is 10.5. The molecule has 156 valence electrons. The van der Waals surface area contributed by atoms with Gasteiger partial charge in [0.15, 0.2) is 11.5 Å². The Hall–Kier alpha value is -2.68. The molecule has 9 heteroatoms. The van der Waals surface area contributed by atoms with Crippen LogP contribution in [0, 0.1) is 5.92 Å². The third-order valence-electron chi connectivity index (χ3n) is 4.87. The van der Waals surface area contributed by atoms with E-state index in [0.29, 0.717) is 36.1 Å². The van der Waals surface area contributed by atoms with Crippen LogP contribution in [0.1, 0.15) is 36.8 Å². The van der Waals surface area contributed by atoms with E-state index in [9.17, 15) is 9.59 Å².